The molecule has 1 aromatic heterocycles. The third kappa shape index (κ3) is 3.51. The van der Waals surface area contributed by atoms with Gasteiger partial charge in [0, 0.05) is 45.8 Å². The number of hydrogen-bond donors (Lipinski definition) is 3. The van der Waals surface area contributed by atoms with Crippen LogP contribution in [0.15, 0.2) is 60.7 Å². The van der Waals surface area contributed by atoms with Gasteiger partial charge in [-0.05, 0) is 48.5 Å². The molecule has 28 heavy (non-hydrogen) atoms. The summed E-state index contributed by atoms with van der Waals surface area (Å²) >= 11 is 0. The quantitative estimate of drug-likeness (QED) is 0.404. The van der Waals surface area contributed by atoms with E-state index in [-0.39, 0.29) is 5.91 Å². The monoisotopic (exact) mass is 383 g/mol. The summed E-state index contributed by atoms with van der Waals surface area (Å²) in [6.45, 7) is 1.45. The second-order valence-electron chi connectivity index (χ2n) is 6.53. The zero-order chi connectivity index (χ0) is 19.9. The van der Waals surface area contributed by atoms with Crippen molar-refractivity contribution in [2.75, 3.05) is 10.6 Å². The minimum atomic E-state index is -4.38. The molecule has 0 saturated carbocycles. The number of amides is 1. The standard InChI is InChI=1S/C21H16F3N3O/c1-12(28)25-16-5-7-17-18-10-15(6-8-19(18)27-20(17)11-16)26-14-4-2-3-13(9-14)21(22,23)24/h2-11,26-27H,1H3,(H,25,28). The molecule has 0 aliphatic rings. The summed E-state index contributed by atoms with van der Waals surface area (Å²) < 4.78 is 38.7. The van der Waals surface area contributed by atoms with Crippen LogP contribution in [-0.2, 0) is 11.0 Å². The van der Waals surface area contributed by atoms with Crippen molar-refractivity contribution in [1.29, 1.82) is 0 Å². The van der Waals surface area contributed by atoms with E-state index in [9.17, 15) is 18.0 Å². The summed E-state index contributed by atoms with van der Waals surface area (Å²) in [5, 5.41) is 7.66. The molecular weight excluding hydrogens is 367 g/mol. The first-order chi connectivity index (χ1) is 13.3. The van der Waals surface area contributed by atoms with Gasteiger partial charge in [0.2, 0.25) is 5.91 Å². The van der Waals surface area contributed by atoms with Crippen LogP contribution in [0.3, 0.4) is 0 Å². The molecule has 0 bridgehead atoms. The highest BCUT2D eigenvalue weighted by Crippen LogP contribution is 2.33. The van der Waals surface area contributed by atoms with E-state index < -0.39 is 11.7 Å². The van der Waals surface area contributed by atoms with Gasteiger partial charge in [0.15, 0.2) is 0 Å². The van der Waals surface area contributed by atoms with E-state index in [4.69, 9.17) is 0 Å². The molecule has 3 aromatic carbocycles. The molecule has 1 heterocycles. The van der Waals surface area contributed by atoms with Gasteiger partial charge >= 0.3 is 6.18 Å². The van der Waals surface area contributed by atoms with E-state index in [0.717, 1.165) is 33.9 Å². The second-order valence-corrected chi connectivity index (χ2v) is 6.53. The lowest BCUT2D eigenvalue weighted by atomic mass is 10.1. The van der Waals surface area contributed by atoms with Crippen LogP contribution >= 0.6 is 0 Å². The minimum Gasteiger partial charge on any atom is -0.355 e. The predicted molar refractivity (Wildman–Crippen MR) is 105 cm³/mol. The van der Waals surface area contributed by atoms with Crippen molar-refractivity contribution >= 4 is 44.8 Å². The van der Waals surface area contributed by atoms with E-state index in [0.29, 0.717) is 17.1 Å². The van der Waals surface area contributed by atoms with Crippen molar-refractivity contribution in [3.05, 3.63) is 66.2 Å². The van der Waals surface area contributed by atoms with Crippen molar-refractivity contribution in [2.24, 2.45) is 0 Å². The molecule has 0 spiro atoms. The maximum absolute atomic E-state index is 12.9. The van der Waals surface area contributed by atoms with Gasteiger partial charge in [0.1, 0.15) is 0 Å². The van der Waals surface area contributed by atoms with Crippen LogP contribution in [0.25, 0.3) is 21.8 Å². The molecule has 4 rings (SSSR count). The van der Waals surface area contributed by atoms with Crippen molar-refractivity contribution < 1.29 is 18.0 Å². The molecule has 0 aliphatic heterocycles. The molecule has 3 N–H and O–H groups in total. The molecule has 4 aromatic rings. The van der Waals surface area contributed by atoms with Crippen LogP contribution in [0.5, 0.6) is 0 Å². The zero-order valence-corrected chi connectivity index (χ0v) is 14.8. The van der Waals surface area contributed by atoms with Crippen LogP contribution in [0.2, 0.25) is 0 Å². The van der Waals surface area contributed by atoms with Gasteiger partial charge in [0.25, 0.3) is 0 Å². The fraction of sp³-hybridized carbons (Fsp3) is 0.0952. The number of rotatable bonds is 3. The first-order valence-electron chi connectivity index (χ1n) is 8.57. The largest absolute Gasteiger partial charge is 0.416 e. The minimum absolute atomic E-state index is 0.150. The Morgan fingerprint density at radius 2 is 1.61 bits per heavy atom. The Labute approximate surface area is 158 Å². The second kappa shape index (κ2) is 6.60. The molecule has 0 radical (unpaired) electrons. The number of anilines is 3. The van der Waals surface area contributed by atoms with Gasteiger partial charge in [-0.15, -0.1) is 0 Å². The number of carbonyl (C=O) groups is 1. The summed E-state index contributed by atoms with van der Waals surface area (Å²) in [6, 6.07) is 16.2. The third-order valence-electron chi connectivity index (χ3n) is 4.40. The third-order valence-corrected chi connectivity index (χ3v) is 4.40. The van der Waals surface area contributed by atoms with E-state index >= 15 is 0 Å². The van der Waals surface area contributed by atoms with Crippen molar-refractivity contribution in [3.63, 3.8) is 0 Å². The summed E-state index contributed by atoms with van der Waals surface area (Å²) in [5.74, 6) is -0.150. The number of alkyl halides is 3. The molecule has 4 nitrogen and oxygen atoms in total. The van der Waals surface area contributed by atoms with E-state index in [1.165, 1.54) is 13.0 Å². The molecule has 0 aliphatic carbocycles. The fourth-order valence-corrected chi connectivity index (χ4v) is 3.20. The van der Waals surface area contributed by atoms with Crippen molar-refractivity contribution in [1.82, 2.24) is 4.98 Å². The van der Waals surface area contributed by atoms with Gasteiger partial charge in [0.05, 0.1) is 5.56 Å². The number of nitrogens with one attached hydrogen (secondary N) is 3. The van der Waals surface area contributed by atoms with Gasteiger partial charge < -0.3 is 15.6 Å². The molecule has 1 amide bonds. The lowest BCUT2D eigenvalue weighted by molar-refractivity contribution is -0.137. The zero-order valence-electron chi connectivity index (χ0n) is 14.8. The van der Waals surface area contributed by atoms with Crippen LogP contribution < -0.4 is 10.6 Å². The van der Waals surface area contributed by atoms with Crippen molar-refractivity contribution in [3.8, 4) is 0 Å². The molecule has 142 valence electrons. The fourth-order valence-electron chi connectivity index (χ4n) is 3.20. The highest BCUT2D eigenvalue weighted by Gasteiger charge is 2.30. The van der Waals surface area contributed by atoms with Gasteiger partial charge in [-0.25, -0.2) is 0 Å². The summed E-state index contributed by atoms with van der Waals surface area (Å²) in [5.41, 5.74) is 2.78. The molecule has 0 atom stereocenters. The van der Waals surface area contributed by atoms with Gasteiger partial charge in [-0.1, -0.05) is 12.1 Å². The molecule has 0 unspecified atom stereocenters. The molecule has 0 fully saturated rings. The molecule has 7 heteroatoms. The Hall–Kier alpha value is -3.48. The number of hydrogen-bond acceptors (Lipinski definition) is 2. The predicted octanol–water partition coefficient (Wildman–Crippen LogP) is 6.04. The highest BCUT2D eigenvalue weighted by molar-refractivity contribution is 6.09. The summed E-state index contributed by atoms with van der Waals surface area (Å²) in [7, 11) is 0. The normalized spacial score (nSPS) is 11.7. The molecule has 0 saturated heterocycles. The van der Waals surface area contributed by atoms with Crippen LogP contribution in [0.4, 0.5) is 30.2 Å². The van der Waals surface area contributed by atoms with Gasteiger partial charge in [-0.2, -0.15) is 13.2 Å². The Kier molecular flexibility index (Phi) is 4.22. The number of aromatic nitrogens is 1. The first kappa shape index (κ1) is 17.9. The Balaban J connectivity index is 1.69. The van der Waals surface area contributed by atoms with E-state index in [1.54, 1.807) is 12.1 Å². The summed E-state index contributed by atoms with van der Waals surface area (Å²) in [4.78, 5) is 14.5. The average molecular weight is 383 g/mol. The number of H-pyrrole nitrogens is 1. The number of fused-ring (bicyclic) bond motifs is 3. The number of carbonyl (C=O) groups excluding carboxylic acids is 1. The van der Waals surface area contributed by atoms with Gasteiger partial charge in [-0.3, -0.25) is 4.79 Å². The molecular formula is C21H16F3N3O. The smallest absolute Gasteiger partial charge is 0.355 e. The maximum atomic E-state index is 12.9. The van der Waals surface area contributed by atoms with Crippen LogP contribution in [0, 0.1) is 0 Å². The van der Waals surface area contributed by atoms with Crippen LogP contribution in [-0.4, -0.2) is 10.9 Å². The first-order valence-corrected chi connectivity index (χ1v) is 8.57. The Morgan fingerprint density at radius 3 is 2.36 bits per heavy atom. The number of aromatic amines is 1. The number of halogens is 3. The topological polar surface area (TPSA) is 56.9 Å². The van der Waals surface area contributed by atoms with E-state index in [1.807, 2.05) is 30.3 Å². The Bertz CT molecular complexity index is 1190. The lowest BCUT2D eigenvalue weighted by Gasteiger charge is -2.11. The van der Waals surface area contributed by atoms with Crippen LogP contribution in [0.1, 0.15) is 12.5 Å². The maximum Gasteiger partial charge on any atom is 0.416 e. The lowest BCUT2D eigenvalue weighted by Crippen LogP contribution is -2.05. The Morgan fingerprint density at radius 1 is 0.857 bits per heavy atom. The number of benzene rings is 3. The highest BCUT2D eigenvalue weighted by atomic mass is 19.4. The summed E-state index contributed by atoms with van der Waals surface area (Å²) in [6.07, 6.45) is -4.38. The van der Waals surface area contributed by atoms with Crippen molar-refractivity contribution in [2.45, 2.75) is 13.1 Å². The van der Waals surface area contributed by atoms with E-state index in [2.05, 4.69) is 15.6 Å². The SMILES string of the molecule is CC(=O)Nc1ccc2c(c1)[nH]c1ccc(Nc3cccc(C(F)(F)F)c3)cc12. The average Bonchev–Trinajstić information content (AvgIpc) is 2.98.